The third-order valence-corrected chi connectivity index (χ3v) is 9.97. The van der Waals surface area contributed by atoms with Gasteiger partial charge in [-0.3, -0.25) is 9.59 Å². The summed E-state index contributed by atoms with van der Waals surface area (Å²) in [6.45, 7) is 30.8. The molecule has 272 valence electrons. The van der Waals surface area contributed by atoms with Crippen LogP contribution < -0.4 is 4.74 Å². The molecule has 0 fully saturated rings. The summed E-state index contributed by atoms with van der Waals surface area (Å²) < 4.78 is 87.8. The van der Waals surface area contributed by atoms with Gasteiger partial charge in [0.1, 0.15) is 5.60 Å². The highest BCUT2D eigenvalue weighted by Gasteiger charge is 2.59. The van der Waals surface area contributed by atoms with Crippen molar-refractivity contribution < 1.29 is 45.8 Å². The molecule has 0 radical (unpaired) electrons. The summed E-state index contributed by atoms with van der Waals surface area (Å²) in [6.07, 6.45) is 1.43. The molecule has 0 amide bonds. The van der Waals surface area contributed by atoms with Crippen LogP contribution in [0.3, 0.4) is 0 Å². The number of carbonyl (C=O) groups is 2. The van der Waals surface area contributed by atoms with Gasteiger partial charge < -0.3 is 14.2 Å². The topological polar surface area (TPSA) is 61.8 Å². The maximum Gasteiger partial charge on any atom is 0.315 e. The Morgan fingerprint density at radius 1 is 0.702 bits per heavy atom. The van der Waals surface area contributed by atoms with Crippen molar-refractivity contribution in [3.05, 3.63) is 29.1 Å². The molecular weight excluding hydrogens is 619 g/mol. The van der Waals surface area contributed by atoms with Crippen LogP contribution >= 0.6 is 0 Å². The van der Waals surface area contributed by atoms with Crippen molar-refractivity contribution in [2.24, 2.45) is 33.0 Å². The van der Waals surface area contributed by atoms with Crippen LogP contribution in [0.1, 0.15) is 136 Å². The minimum Gasteiger partial charge on any atom is -0.459 e. The Labute approximate surface area is 279 Å². The van der Waals surface area contributed by atoms with E-state index in [1.807, 2.05) is 90.0 Å². The molecule has 5 nitrogen and oxygen atoms in total. The van der Waals surface area contributed by atoms with Gasteiger partial charge in [0.15, 0.2) is 0 Å². The Bertz CT molecular complexity index is 1260. The predicted molar refractivity (Wildman–Crippen MR) is 174 cm³/mol. The number of benzene rings is 1. The highest BCUT2D eigenvalue weighted by Crippen LogP contribution is 2.61. The molecule has 0 aliphatic heterocycles. The number of hydrogen-bond acceptors (Lipinski definition) is 5. The van der Waals surface area contributed by atoms with Gasteiger partial charge in [0, 0.05) is 6.42 Å². The first-order chi connectivity index (χ1) is 20.8. The van der Waals surface area contributed by atoms with E-state index in [0.29, 0.717) is 25.9 Å². The largest absolute Gasteiger partial charge is 0.459 e. The van der Waals surface area contributed by atoms with Gasteiger partial charge in [-0.1, -0.05) is 75.7 Å². The van der Waals surface area contributed by atoms with Gasteiger partial charge in [-0.2, -0.15) is 8.78 Å². The zero-order valence-electron chi connectivity index (χ0n) is 31.5. The molecule has 1 aromatic rings. The average molecular weight is 679 g/mol. The van der Waals surface area contributed by atoms with E-state index in [9.17, 15) is 31.5 Å². The maximum atomic E-state index is 14.5. The summed E-state index contributed by atoms with van der Waals surface area (Å²) in [5.74, 6) is -15.5. The number of hydrogen-bond donors (Lipinski definition) is 0. The van der Waals surface area contributed by atoms with E-state index in [-0.39, 0.29) is 17.4 Å². The van der Waals surface area contributed by atoms with E-state index in [0.717, 1.165) is 0 Å². The lowest BCUT2D eigenvalue weighted by molar-refractivity contribution is -0.191. The second-order valence-electron chi connectivity index (χ2n) is 17.9. The van der Waals surface area contributed by atoms with Crippen molar-refractivity contribution in [1.82, 2.24) is 0 Å². The first kappa shape index (κ1) is 42.8. The minimum absolute atomic E-state index is 0.0735. The van der Waals surface area contributed by atoms with Gasteiger partial charge >= 0.3 is 11.9 Å². The Kier molecular flexibility index (Phi) is 13.0. The fraction of sp³-hybridized carbons (Fsp3) is 0.784. The number of ether oxygens (including phenoxy) is 3. The first-order valence-electron chi connectivity index (χ1n) is 16.4. The molecule has 0 bridgehead atoms. The molecule has 0 aliphatic carbocycles. The molecule has 0 spiro atoms. The number of halogens is 5. The SMILES string of the molecule is CCC(C)(CC(C(=O)Oc1c(F)c(F)c(F)c(F)c1F)C(C)(C)C)C(C)(C)C(C)(CC(C)(C)C)C(=O)OC(C)(C)CCOC(C)(C)C. The molecule has 1 rings (SSSR count). The summed E-state index contributed by atoms with van der Waals surface area (Å²) in [4.78, 5) is 28.1. The molecule has 0 saturated carbocycles. The van der Waals surface area contributed by atoms with Gasteiger partial charge in [0.2, 0.25) is 34.8 Å². The van der Waals surface area contributed by atoms with Gasteiger partial charge in [-0.05, 0) is 76.0 Å². The normalized spacial score (nSPS) is 16.7. The number of esters is 2. The third-order valence-electron chi connectivity index (χ3n) is 9.97. The average Bonchev–Trinajstić information content (AvgIpc) is 2.88. The van der Waals surface area contributed by atoms with Crippen LogP contribution in [0.15, 0.2) is 0 Å². The molecule has 47 heavy (non-hydrogen) atoms. The molecule has 10 heteroatoms. The fourth-order valence-electron chi connectivity index (χ4n) is 6.17. The highest BCUT2D eigenvalue weighted by molar-refractivity contribution is 5.79. The van der Waals surface area contributed by atoms with Crippen LogP contribution in [0.5, 0.6) is 5.75 Å². The van der Waals surface area contributed by atoms with Crippen LogP contribution in [-0.2, 0) is 19.1 Å². The molecular formula is C37H59F5O5. The van der Waals surface area contributed by atoms with Gasteiger partial charge in [0.25, 0.3) is 0 Å². The standard InChI is InChI=1S/C37H59F5O5/c1-17-36(15,20-22(32(5,6)7)29(43)46-28-26(41)24(39)23(38)25(40)27(28)42)35(13,14)37(16,21-31(2,3)4)30(44)47-34(11,12)18-19-45-33(8,9)10/h22H,17-21H2,1-16H3. The van der Waals surface area contributed by atoms with Gasteiger partial charge in [0.05, 0.1) is 23.5 Å². The van der Waals surface area contributed by atoms with Crippen molar-refractivity contribution in [2.45, 2.75) is 148 Å². The van der Waals surface area contributed by atoms with E-state index >= 15 is 0 Å². The van der Waals surface area contributed by atoms with E-state index in [4.69, 9.17) is 14.2 Å². The lowest BCUT2D eigenvalue weighted by atomic mass is 9.47. The predicted octanol–water partition coefficient (Wildman–Crippen LogP) is 10.8. The molecule has 3 unspecified atom stereocenters. The lowest BCUT2D eigenvalue weighted by Gasteiger charge is -2.56. The van der Waals surface area contributed by atoms with Crippen molar-refractivity contribution in [3.8, 4) is 5.75 Å². The van der Waals surface area contributed by atoms with Crippen molar-refractivity contribution in [2.75, 3.05) is 6.61 Å². The molecule has 1 aromatic carbocycles. The Morgan fingerprint density at radius 2 is 1.15 bits per heavy atom. The fourth-order valence-corrected chi connectivity index (χ4v) is 6.17. The maximum absolute atomic E-state index is 14.5. The van der Waals surface area contributed by atoms with Crippen LogP contribution in [0.25, 0.3) is 0 Å². The van der Waals surface area contributed by atoms with Gasteiger partial charge in [-0.25, -0.2) is 13.2 Å². The second-order valence-corrected chi connectivity index (χ2v) is 17.9. The summed E-state index contributed by atoms with van der Waals surface area (Å²) in [5, 5.41) is 0. The third kappa shape index (κ3) is 10.1. The van der Waals surface area contributed by atoms with Crippen LogP contribution in [0, 0.1) is 62.1 Å². The Morgan fingerprint density at radius 3 is 1.53 bits per heavy atom. The summed E-state index contributed by atoms with van der Waals surface area (Å²) >= 11 is 0. The second kappa shape index (κ2) is 14.3. The molecule has 0 N–H and O–H groups in total. The van der Waals surface area contributed by atoms with E-state index in [1.165, 1.54) is 0 Å². The number of rotatable bonds is 13. The molecule has 0 aromatic heterocycles. The van der Waals surface area contributed by atoms with Crippen LogP contribution in [0.2, 0.25) is 0 Å². The quantitative estimate of drug-likeness (QED) is 0.0683. The van der Waals surface area contributed by atoms with E-state index in [2.05, 4.69) is 0 Å². The zero-order valence-corrected chi connectivity index (χ0v) is 31.5. The number of carbonyl (C=O) groups excluding carboxylic acids is 2. The first-order valence-corrected chi connectivity index (χ1v) is 16.4. The van der Waals surface area contributed by atoms with Crippen molar-refractivity contribution in [3.63, 3.8) is 0 Å². The molecule has 0 saturated heterocycles. The van der Waals surface area contributed by atoms with Crippen LogP contribution in [0.4, 0.5) is 22.0 Å². The minimum atomic E-state index is -2.34. The molecule has 0 aliphatic rings. The monoisotopic (exact) mass is 678 g/mol. The van der Waals surface area contributed by atoms with Crippen molar-refractivity contribution >= 4 is 11.9 Å². The Balaban J connectivity index is 3.66. The summed E-state index contributed by atoms with van der Waals surface area (Å²) in [6, 6.07) is 0. The molecule has 0 heterocycles. The van der Waals surface area contributed by atoms with Crippen molar-refractivity contribution in [1.29, 1.82) is 0 Å². The summed E-state index contributed by atoms with van der Waals surface area (Å²) in [5.41, 5.74) is -5.19. The molecule has 3 atom stereocenters. The lowest BCUT2D eigenvalue weighted by Crippen LogP contribution is -2.56. The smallest absolute Gasteiger partial charge is 0.315 e. The van der Waals surface area contributed by atoms with Crippen LogP contribution in [-0.4, -0.2) is 29.7 Å². The van der Waals surface area contributed by atoms with E-state index < -0.39 is 80.0 Å². The zero-order chi connectivity index (χ0) is 37.4. The van der Waals surface area contributed by atoms with Gasteiger partial charge in [-0.15, -0.1) is 0 Å². The van der Waals surface area contributed by atoms with E-state index in [1.54, 1.807) is 20.8 Å². The summed E-state index contributed by atoms with van der Waals surface area (Å²) in [7, 11) is 0. The Hall–Kier alpha value is -2.23. The highest BCUT2D eigenvalue weighted by atomic mass is 19.2.